The maximum Gasteiger partial charge on any atom is 0.418 e. The van der Waals surface area contributed by atoms with Crippen LogP contribution in [0.3, 0.4) is 0 Å². The van der Waals surface area contributed by atoms with Crippen molar-refractivity contribution in [2.24, 2.45) is 0 Å². The van der Waals surface area contributed by atoms with Crippen LogP contribution < -0.4 is 5.32 Å². The zero-order valence-electron chi connectivity index (χ0n) is 18.6. The fourth-order valence-electron chi connectivity index (χ4n) is 3.75. The van der Waals surface area contributed by atoms with E-state index < -0.39 is 23.5 Å². The summed E-state index contributed by atoms with van der Waals surface area (Å²) in [5.74, 6) is 0.513. The number of pyridine rings is 2. The summed E-state index contributed by atoms with van der Waals surface area (Å²) >= 11 is 0. The third-order valence-electron chi connectivity index (χ3n) is 5.50. The number of hydrogen-bond acceptors (Lipinski definition) is 5. The van der Waals surface area contributed by atoms with Gasteiger partial charge in [0.25, 0.3) is 0 Å². The summed E-state index contributed by atoms with van der Waals surface area (Å²) in [6.45, 7) is 0. The van der Waals surface area contributed by atoms with Crippen LogP contribution in [0.4, 0.5) is 37.8 Å². The van der Waals surface area contributed by atoms with Gasteiger partial charge in [-0.25, -0.2) is 9.97 Å². The second-order valence-electron chi connectivity index (χ2n) is 7.96. The largest absolute Gasteiger partial charge is 0.418 e. The highest BCUT2D eigenvalue weighted by atomic mass is 19.4. The van der Waals surface area contributed by atoms with E-state index in [1.54, 1.807) is 18.2 Å². The number of rotatable bonds is 4. The lowest BCUT2D eigenvalue weighted by Gasteiger charge is -2.14. The Balaban J connectivity index is 1.64. The Morgan fingerprint density at radius 3 is 2.08 bits per heavy atom. The van der Waals surface area contributed by atoms with E-state index in [0.717, 1.165) is 18.2 Å². The minimum Gasteiger partial charge on any atom is -0.340 e. The number of fused-ring (bicyclic) bond motifs is 1. The number of anilines is 2. The van der Waals surface area contributed by atoms with Crippen molar-refractivity contribution in [2.45, 2.75) is 12.4 Å². The van der Waals surface area contributed by atoms with Crippen molar-refractivity contribution in [1.82, 2.24) is 19.9 Å². The van der Waals surface area contributed by atoms with E-state index >= 15 is 0 Å². The van der Waals surface area contributed by atoms with Gasteiger partial charge in [0.1, 0.15) is 5.82 Å². The summed E-state index contributed by atoms with van der Waals surface area (Å²) < 4.78 is 79.6. The highest BCUT2D eigenvalue weighted by molar-refractivity contribution is 5.94. The highest BCUT2D eigenvalue weighted by Crippen LogP contribution is 2.37. The molecule has 3 heterocycles. The summed E-state index contributed by atoms with van der Waals surface area (Å²) in [6, 6.07) is 14.4. The first kappa shape index (κ1) is 24.2. The quantitative estimate of drug-likeness (QED) is 0.253. The van der Waals surface area contributed by atoms with Crippen molar-refractivity contribution in [3.63, 3.8) is 0 Å². The van der Waals surface area contributed by atoms with Crippen molar-refractivity contribution < 1.29 is 26.3 Å². The second kappa shape index (κ2) is 9.16. The third-order valence-corrected chi connectivity index (χ3v) is 5.50. The van der Waals surface area contributed by atoms with E-state index in [4.69, 9.17) is 0 Å². The molecular weight excluding hydrogens is 496 g/mol. The standard InChI is InChI=1S/C26H15F6N5/c27-25(28,29)17-4-6-18(7-5-17)35-24-19-8-3-16(22-20(26(30,31)32)2-1-11-34-22)14-21(19)36-23(37-24)15-9-12-33-13-10-15/h1-14H,(H,35,36,37). The Morgan fingerprint density at radius 2 is 1.41 bits per heavy atom. The molecule has 0 atom stereocenters. The molecule has 0 saturated carbocycles. The van der Waals surface area contributed by atoms with Gasteiger partial charge in [0.2, 0.25) is 0 Å². The molecule has 0 bridgehead atoms. The number of halogens is 6. The molecular formula is C26H15F6N5. The average molecular weight is 511 g/mol. The van der Waals surface area contributed by atoms with Gasteiger partial charge in [-0.15, -0.1) is 0 Å². The lowest BCUT2D eigenvalue weighted by Crippen LogP contribution is -2.08. The molecule has 0 radical (unpaired) electrons. The summed E-state index contributed by atoms with van der Waals surface area (Å²) in [7, 11) is 0. The summed E-state index contributed by atoms with van der Waals surface area (Å²) in [6.07, 6.45) is -4.75. The SMILES string of the molecule is FC(F)(F)c1ccc(Nc2nc(-c3ccncc3)nc3cc(-c4ncccc4C(F)(F)F)ccc23)cc1. The fourth-order valence-corrected chi connectivity index (χ4v) is 3.75. The van der Waals surface area contributed by atoms with Crippen molar-refractivity contribution >= 4 is 22.4 Å². The summed E-state index contributed by atoms with van der Waals surface area (Å²) in [5, 5.41) is 3.45. The first-order chi connectivity index (χ1) is 17.6. The van der Waals surface area contributed by atoms with Crippen LogP contribution in [0.5, 0.6) is 0 Å². The molecule has 11 heteroatoms. The Labute approximate surface area is 205 Å². The number of hydrogen-bond donors (Lipinski definition) is 1. The van der Waals surface area contributed by atoms with Crippen molar-refractivity contribution in [3.05, 3.63) is 96.4 Å². The molecule has 37 heavy (non-hydrogen) atoms. The predicted octanol–water partition coefficient (Wildman–Crippen LogP) is 7.54. The normalized spacial score (nSPS) is 12.1. The van der Waals surface area contributed by atoms with Crippen molar-refractivity contribution in [3.8, 4) is 22.6 Å². The topological polar surface area (TPSA) is 63.6 Å². The second-order valence-corrected chi connectivity index (χ2v) is 7.96. The van der Waals surface area contributed by atoms with E-state index in [1.165, 1.54) is 48.9 Å². The monoisotopic (exact) mass is 511 g/mol. The van der Waals surface area contributed by atoms with Crippen LogP contribution in [0.1, 0.15) is 11.1 Å². The van der Waals surface area contributed by atoms with E-state index in [-0.39, 0.29) is 22.9 Å². The molecule has 3 aromatic heterocycles. The van der Waals surface area contributed by atoms with Gasteiger partial charge in [-0.2, -0.15) is 26.3 Å². The highest BCUT2D eigenvalue weighted by Gasteiger charge is 2.34. The first-order valence-corrected chi connectivity index (χ1v) is 10.8. The third kappa shape index (κ3) is 5.06. The smallest absolute Gasteiger partial charge is 0.340 e. The Bertz CT molecular complexity index is 1570. The van der Waals surface area contributed by atoms with Gasteiger partial charge in [0.05, 0.1) is 22.3 Å². The molecule has 5 rings (SSSR count). The molecule has 5 nitrogen and oxygen atoms in total. The van der Waals surface area contributed by atoms with Crippen LogP contribution in [0.15, 0.2) is 85.3 Å². The summed E-state index contributed by atoms with van der Waals surface area (Å²) in [4.78, 5) is 17.0. The molecule has 0 fully saturated rings. The van der Waals surface area contributed by atoms with Gasteiger partial charge in [-0.1, -0.05) is 6.07 Å². The van der Waals surface area contributed by atoms with Crippen molar-refractivity contribution in [2.75, 3.05) is 5.32 Å². The molecule has 5 aromatic rings. The van der Waals surface area contributed by atoms with Crippen LogP contribution in [-0.2, 0) is 12.4 Å². The van der Waals surface area contributed by atoms with Crippen LogP contribution in [0.2, 0.25) is 0 Å². The minimum atomic E-state index is -4.61. The number of alkyl halides is 6. The number of benzene rings is 2. The predicted molar refractivity (Wildman–Crippen MR) is 126 cm³/mol. The fraction of sp³-hybridized carbons (Fsp3) is 0.0769. The Kier molecular flexibility index (Phi) is 5.98. The van der Waals surface area contributed by atoms with E-state index in [9.17, 15) is 26.3 Å². The maximum absolute atomic E-state index is 13.6. The van der Waals surface area contributed by atoms with Crippen LogP contribution >= 0.6 is 0 Å². The van der Waals surface area contributed by atoms with Crippen LogP contribution in [-0.4, -0.2) is 19.9 Å². The lowest BCUT2D eigenvalue weighted by atomic mass is 10.0. The van der Waals surface area contributed by atoms with Crippen LogP contribution in [0.25, 0.3) is 33.5 Å². The zero-order valence-corrected chi connectivity index (χ0v) is 18.6. The molecule has 0 saturated heterocycles. The Hall–Kier alpha value is -4.54. The first-order valence-electron chi connectivity index (χ1n) is 10.8. The van der Waals surface area contributed by atoms with Gasteiger partial charge in [0.15, 0.2) is 5.82 Å². The van der Waals surface area contributed by atoms with Gasteiger partial charge in [0, 0.05) is 40.8 Å². The minimum absolute atomic E-state index is 0.195. The Morgan fingerprint density at radius 1 is 0.676 bits per heavy atom. The molecule has 0 aliphatic rings. The van der Waals surface area contributed by atoms with Gasteiger partial charge in [-0.05, 0) is 60.7 Å². The molecule has 0 aliphatic heterocycles. The molecule has 0 spiro atoms. The van der Waals surface area contributed by atoms with Gasteiger partial charge in [-0.3, -0.25) is 9.97 Å². The van der Waals surface area contributed by atoms with Gasteiger partial charge < -0.3 is 5.32 Å². The molecule has 0 amide bonds. The number of nitrogens with zero attached hydrogens (tertiary/aromatic N) is 4. The maximum atomic E-state index is 13.6. The lowest BCUT2D eigenvalue weighted by molar-refractivity contribution is -0.138. The number of nitrogens with one attached hydrogen (secondary N) is 1. The van der Waals surface area contributed by atoms with E-state index in [2.05, 4.69) is 25.3 Å². The zero-order chi connectivity index (χ0) is 26.2. The summed E-state index contributed by atoms with van der Waals surface area (Å²) in [5.41, 5.74) is -0.510. The van der Waals surface area contributed by atoms with E-state index in [1.807, 2.05) is 0 Å². The average Bonchev–Trinajstić information content (AvgIpc) is 2.88. The molecule has 2 aromatic carbocycles. The molecule has 0 aliphatic carbocycles. The van der Waals surface area contributed by atoms with Crippen molar-refractivity contribution in [1.29, 1.82) is 0 Å². The van der Waals surface area contributed by atoms with E-state index in [0.29, 0.717) is 22.2 Å². The van der Waals surface area contributed by atoms with Crippen LogP contribution in [0, 0.1) is 0 Å². The molecule has 0 unspecified atom stereocenters. The van der Waals surface area contributed by atoms with Gasteiger partial charge >= 0.3 is 12.4 Å². The molecule has 186 valence electrons. The molecule has 1 N–H and O–H groups in total. The number of aromatic nitrogens is 4.